The first-order chi connectivity index (χ1) is 9.41. The summed E-state index contributed by atoms with van der Waals surface area (Å²) in [6.07, 6.45) is 0. The Kier molecular flexibility index (Phi) is 4.36. The summed E-state index contributed by atoms with van der Waals surface area (Å²) in [5.74, 6) is -1.21. The number of carbonyl (C=O) groups is 1. The Morgan fingerprint density at radius 1 is 1.35 bits per heavy atom. The predicted molar refractivity (Wildman–Crippen MR) is 72.3 cm³/mol. The van der Waals surface area contributed by atoms with Crippen LogP contribution < -0.4 is 10.6 Å². The van der Waals surface area contributed by atoms with Gasteiger partial charge in [0.05, 0.1) is 0 Å². The number of benzene rings is 1. The Hall–Kier alpha value is -1.51. The van der Waals surface area contributed by atoms with Crippen LogP contribution in [-0.2, 0) is 14.8 Å². The maximum atomic E-state index is 14.0. The monoisotopic (exact) mass is 301 g/mol. The van der Waals surface area contributed by atoms with Gasteiger partial charge in [0.2, 0.25) is 15.9 Å². The number of hydrogen-bond acceptors (Lipinski definition) is 4. The molecule has 1 heterocycles. The van der Waals surface area contributed by atoms with E-state index in [4.69, 9.17) is 0 Å². The van der Waals surface area contributed by atoms with Crippen LogP contribution in [0.2, 0.25) is 0 Å². The molecule has 1 fully saturated rings. The van der Waals surface area contributed by atoms with Crippen LogP contribution in [0.15, 0.2) is 23.1 Å². The molecular formula is C12H16FN3O3S. The molecule has 0 atom stereocenters. The molecular weight excluding hydrogens is 285 g/mol. The largest absolute Gasteiger partial charge is 0.326 e. The SMILES string of the molecule is CC(=O)Nc1ccc(S(=O)(=O)N2CCNCC2)c(F)c1. The third-order valence-corrected chi connectivity index (χ3v) is 4.88. The van der Waals surface area contributed by atoms with E-state index in [0.717, 1.165) is 6.07 Å². The minimum Gasteiger partial charge on any atom is -0.326 e. The van der Waals surface area contributed by atoms with Gasteiger partial charge >= 0.3 is 0 Å². The molecule has 0 spiro atoms. The van der Waals surface area contributed by atoms with E-state index < -0.39 is 15.8 Å². The number of piperazine rings is 1. The first kappa shape index (κ1) is 14.9. The number of hydrogen-bond donors (Lipinski definition) is 2. The maximum Gasteiger partial charge on any atom is 0.246 e. The van der Waals surface area contributed by atoms with E-state index in [9.17, 15) is 17.6 Å². The molecule has 1 aromatic rings. The van der Waals surface area contributed by atoms with E-state index in [2.05, 4.69) is 10.6 Å². The summed E-state index contributed by atoms with van der Waals surface area (Å²) in [7, 11) is -3.83. The van der Waals surface area contributed by atoms with Gasteiger partial charge < -0.3 is 10.6 Å². The van der Waals surface area contributed by atoms with Crippen molar-refractivity contribution in [3.63, 3.8) is 0 Å². The zero-order valence-corrected chi connectivity index (χ0v) is 11.8. The molecule has 20 heavy (non-hydrogen) atoms. The van der Waals surface area contributed by atoms with Gasteiger partial charge in [0.25, 0.3) is 0 Å². The molecule has 1 amide bonds. The minimum absolute atomic E-state index is 0.231. The Labute approximate surface area is 117 Å². The number of amides is 1. The van der Waals surface area contributed by atoms with E-state index in [1.165, 1.54) is 23.4 Å². The zero-order valence-electron chi connectivity index (χ0n) is 11.0. The molecule has 0 unspecified atom stereocenters. The third-order valence-electron chi connectivity index (χ3n) is 2.95. The van der Waals surface area contributed by atoms with Gasteiger partial charge in [-0.1, -0.05) is 0 Å². The molecule has 0 bridgehead atoms. The molecule has 0 aliphatic carbocycles. The predicted octanol–water partition coefficient (Wildman–Crippen LogP) is 0.378. The van der Waals surface area contributed by atoms with Crippen molar-refractivity contribution >= 4 is 21.6 Å². The van der Waals surface area contributed by atoms with Crippen molar-refractivity contribution in [1.29, 1.82) is 0 Å². The van der Waals surface area contributed by atoms with E-state index >= 15 is 0 Å². The average Bonchev–Trinajstić information content (AvgIpc) is 2.38. The smallest absolute Gasteiger partial charge is 0.246 e. The molecule has 1 aliphatic rings. The molecule has 2 rings (SSSR count). The van der Waals surface area contributed by atoms with Crippen molar-refractivity contribution < 1.29 is 17.6 Å². The lowest BCUT2D eigenvalue weighted by Gasteiger charge is -2.26. The summed E-state index contributed by atoms with van der Waals surface area (Å²) < 4.78 is 39.9. The van der Waals surface area contributed by atoms with Gasteiger partial charge in [0.1, 0.15) is 10.7 Å². The lowest BCUT2D eigenvalue weighted by Crippen LogP contribution is -2.46. The minimum atomic E-state index is -3.83. The van der Waals surface area contributed by atoms with Gasteiger partial charge in [-0.05, 0) is 18.2 Å². The third kappa shape index (κ3) is 3.14. The summed E-state index contributed by atoms with van der Waals surface area (Å²) in [6, 6.07) is 3.56. The highest BCUT2D eigenvalue weighted by Gasteiger charge is 2.28. The van der Waals surface area contributed by atoms with E-state index in [1.807, 2.05) is 0 Å². The van der Waals surface area contributed by atoms with Crippen LogP contribution in [0, 0.1) is 5.82 Å². The van der Waals surface area contributed by atoms with E-state index in [0.29, 0.717) is 26.2 Å². The van der Waals surface area contributed by atoms with Gasteiger partial charge in [-0.3, -0.25) is 4.79 Å². The second-order valence-electron chi connectivity index (χ2n) is 4.48. The number of rotatable bonds is 3. The number of nitrogens with zero attached hydrogens (tertiary/aromatic N) is 1. The summed E-state index contributed by atoms with van der Waals surface area (Å²) in [5, 5.41) is 5.44. The Bertz CT molecular complexity index is 612. The summed E-state index contributed by atoms with van der Waals surface area (Å²) in [5.41, 5.74) is 0.231. The fourth-order valence-electron chi connectivity index (χ4n) is 2.01. The van der Waals surface area contributed by atoms with Crippen LogP contribution in [-0.4, -0.2) is 44.8 Å². The molecule has 0 aromatic heterocycles. The number of carbonyl (C=O) groups excluding carboxylic acids is 1. The van der Waals surface area contributed by atoms with Crippen molar-refractivity contribution in [3.8, 4) is 0 Å². The van der Waals surface area contributed by atoms with Crippen molar-refractivity contribution in [3.05, 3.63) is 24.0 Å². The standard InChI is InChI=1S/C12H16FN3O3S/c1-9(17)15-10-2-3-12(11(13)8-10)20(18,19)16-6-4-14-5-7-16/h2-3,8,14H,4-7H2,1H3,(H,15,17). The Morgan fingerprint density at radius 3 is 2.55 bits per heavy atom. The molecule has 1 saturated heterocycles. The van der Waals surface area contributed by atoms with Crippen LogP contribution >= 0.6 is 0 Å². The van der Waals surface area contributed by atoms with Crippen molar-refractivity contribution in [2.45, 2.75) is 11.8 Å². The quantitative estimate of drug-likeness (QED) is 0.846. The molecule has 1 aliphatic heterocycles. The second kappa shape index (κ2) is 5.86. The lowest BCUT2D eigenvalue weighted by atomic mass is 10.3. The van der Waals surface area contributed by atoms with Gasteiger partial charge in [-0.2, -0.15) is 4.31 Å². The second-order valence-corrected chi connectivity index (χ2v) is 6.39. The highest BCUT2D eigenvalue weighted by atomic mass is 32.2. The number of nitrogens with one attached hydrogen (secondary N) is 2. The molecule has 0 radical (unpaired) electrons. The maximum absolute atomic E-state index is 14.0. The fraction of sp³-hybridized carbons (Fsp3) is 0.417. The first-order valence-electron chi connectivity index (χ1n) is 6.19. The first-order valence-corrected chi connectivity index (χ1v) is 7.63. The highest BCUT2D eigenvalue weighted by molar-refractivity contribution is 7.89. The van der Waals surface area contributed by atoms with Gasteiger partial charge in [0.15, 0.2) is 0 Å². The topological polar surface area (TPSA) is 78.5 Å². The fourth-order valence-corrected chi connectivity index (χ4v) is 3.50. The Balaban J connectivity index is 2.29. The van der Waals surface area contributed by atoms with Gasteiger partial charge in [0, 0.05) is 38.8 Å². The van der Waals surface area contributed by atoms with Crippen molar-refractivity contribution in [1.82, 2.24) is 9.62 Å². The van der Waals surface area contributed by atoms with Crippen LogP contribution in [0.5, 0.6) is 0 Å². The van der Waals surface area contributed by atoms with Crippen LogP contribution in [0.1, 0.15) is 6.92 Å². The average molecular weight is 301 g/mol. The number of sulfonamides is 1. The van der Waals surface area contributed by atoms with Crippen LogP contribution in [0.25, 0.3) is 0 Å². The number of halogens is 1. The van der Waals surface area contributed by atoms with Gasteiger partial charge in [-0.25, -0.2) is 12.8 Å². The van der Waals surface area contributed by atoms with E-state index in [-0.39, 0.29) is 16.5 Å². The Morgan fingerprint density at radius 2 is 2.00 bits per heavy atom. The summed E-state index contributed by atoms with van der Waals surface area (Å²) >= 11 is 0. The molecule has 110 valence electrons. The molecule has 8 heteroatoms. The summed E-state index contributed by atoms with van der Waals surface area (Å²) in [4.78, 5) is 10.5. The molecule has 0 saturated carbocycles. The van der Waals surface area contributed by atoms with Gasteiger partial charge in [-0.15, -0.1) is 0 Å². The van der Waals surface area contributed by atoms with Crippen LogP contribution in [0.3, 0.4) is 0 Å². The van der Waals surface area contributed by atoms with Crippen molar-refractivity contribution in [2.24, 2.45) is 0 Å². The zero-order chi connectivity index (χ0) is 14.8. The molecule has 1 aromatic carbocycles. The summed E-state index contributed by atoms with van der Waals surface area (Å²) in [6.45, 7) is 3.02. The van der Waals surface area contributed by atoms with Crippen molar-refractivity contribution in [2.75, 3.05) is 31.5 Å². The molecule has 6 nitrogen and oxygen atoms in total. The number of anilines is 1. The normalized spacial score (nSPS) is 16.9. The van der Waals surface area contributed by atoms with E-state index in [1.54, 1.807) is 0 Å². The highest BCUT2D eigenvalue weighted by Crippen LogP contribution is 2.22. The lowest BCUT2D eigenvalue weighted by molar-refractivity contribution is -0.114. The van der Waals surface area contributed by atoms with Crippen LogP contribution in [0.4, 0.5) is 10.1 Å². The molecule has 2 N–H and O–H groups in total.